The maximum atomic E-state index is 11.8. The van der Waals surface area contributed by atoms with Gasteiger partial charge in [0.25, 0.3) is 0 Å². The van der Waals surface area contributed by atoms with Crippen LogP contribution in [0.1, 0.15) is 12.5 Å². The van der Waals surface area contributed by atoms with E-state index in [2.05, 4.69) is 22.5 Å². The van der Waals surface area contributed by atoms with Crippen molar-refractivity contribution >= 4 is 17.6 Å². The minimum atomic E-state index is -0.188. The fourth-order valence-corrected chi connectivity index (χ4v) is 2.17. The molecule has 1 aromatic heterocycles. The predicted octanol–water partition coefficient (Wildman–Crippen LogP) is 2.67. The zero-order valence-electron chi connectivity index (χ0n) is 11.9. The SMILES string of the molecule is CC(CNC(=O)NCc1ccccc1Cl)Cn1ccnc1. The molecule has 1 aromatic carbocycles. The van der Waals surface area contributed by atoms with E-state index in [1.54, 1.807) is 12.5 Å². The number of nitrogens with one attached hydrogen (secondary N) is 2. The monoisotopic (exact) mass is 306 g/mol. The molecule has 2 aromatic rings. The van der Waals surface area contributed by atoms with E-state index in [4.69, 9.17) is 11.6 Å². The Hall–Kier alpha value is -2.01. The minimum absolute atomic E-state index is 0.188. The molecule has 0 saturated heterocycles. The van der Waals surface area contributed by atoms with Crippen LogP contribution in [-0.4, -0.2) is 22.1 Å². The summed E-state index contributed by atoms with van der Waals surface area (Å²) in [7, 11) is 0. The summed E-state index contributed by atoms with van der Waals surface area (Å²) in [5.74, 6) is 0.324. The van der Waals surface area contributed by atoms with Crippen molar-refractivity contribution < 1.29 is 4.79 Å². The molecule has 21 heavy (non-hydrogen) atoms. The highest BCUT2D eigenvalue weighted by molar-refractivity contribution is 6.31. The highest BCUT2D eigenvalue weighted by Crippen LogP contribution is 2.14. The van der Waals surface area contributed by atoms with Gasteiger partial charge in [-0.2, -0.15) is 0 Å². The number of aromatic nitrogens is 2. The van der Waals surface area contributed by atoms with Crippen LogP contribution in [0.3, 0.4) is 0 Å². The second-order valence-electron chi connectivity index (χ2n) is 5.02. The second kappa shape index (κ2) is 7.69. The molecule has 0 saturated carbocycles. The summed E-state index contributed by atoms with van der Waals surface area (Å²) in [6.45, 7) is 3.92. The molecule has 0 radical (unpaired) electrons. The average Bonchev–Trinajstić information content (AvgIpc) is 2.97. The van der Waals surface area contributed by atoms with Gasteiger partial charge in [0.15, 0.2) is 0 Å². The molecule has 6 heteroatoms. The third-order valence-corrected chi connectivity index (χ3v) is 3.46. The van der Waals surface area contributed by atoms with Crippen molar-refractivity contribution in [1.29, 1.82) is 0 Å². The lowest BCUT2D eigenvalue weighted by Gasteiger charge is -2.14. The fourth-order valence-electron chi connectivity index (χ4n) is 1.97. The highest BCUT2D eigenvalue weighted by Gasteiger charge is 2.06. The molecule has 5 nitrogen and oxygen atoms in total. The number of carbonyl (C=O) groups is 1. The van der Waals surface area contributed by atoms with Crippen molar-refractivity contribution in [1.82, 2.24) is 20.2 Å². The molecule has 0 spiro atoms. The molecule has 2 rings (SSSR count). The van der Waals surface area contributed by atoms with Crippen LogP contribution in [-0.2, 0) is 13.1 Å². The fraction of sp³-hybridized carbons (Fsp3) is 0.333. The Morgan fingerprint density at radius 2 is 2.19 bits per heavy atom. The van der Waals surface area contributed by atoms with Gasteiger partial charge in [-0.25, -0.2) is 9.78 Å². The first-order valence-corrected chi connectivity index (χ1v) is 7.24. The summed E-state index contributed by atoms with van der Waals surface area (Å²) in [5, 5.41) is 6.32. The van der Waals surface area contributed by atoms with Gasteiger partial charge in [-0.05, 0) is 17.5 Å². The van der Waals surface area contributed by atoms with Crippen LogP contribution >= 0.6 is 11.6 Å². The molecule has 112 valence electrons. The van der Waals surface area contributed by atoms with Gasteiger partial charge in [-0.1, -0.05) is 36.7 Å². The van der Waals surface area contributed by atoms with Crippen LogP contribution in [0, 0.1) is 5.92 Å². The van der Waals surface area contributed by atoms with E-state index >= 15 is 0 Å². The third-order valence-electron chi connectivity index (χ3n) is 3.09. The summed E-state index contributed by atoms with van der Waals surface area (Å²) < 4.78 is 1.99. The van der Waals surface area contributed by atoms with Crippen LogP contribution < -0.4 is 10.6 Å². The molecule has 1 heterocycles. The van der Waals surface area contributed by atoms with Crippen LogP contribution in [0.15, 0.2) is 43.0 Å². The van der Waals surface area contributed by atoms with E-state index in [1.165, 1.54) is 0 Å². The van der Waals surface area contributed by atoms with Gasteiger partial charge in [0.1, 0.15) is 0 Å². The first-order chi connectivity index (χ1) is 10.1. The normalized spacial score (nSPS) is 11.9. The van der Waals surface area contributed by atoms with Gasteiger partial charge in [-0.15, -0.1) is 0 Å². The van der Waals surface area contributed by atoms with Crippen LogP contribution in [0.25, 0.3) is 0 Å². The van der Waals surface area contributed by atoms with Gasteiger partial charge < -0.3 is 15.2 Å². The first kappa shape index (κ1) is 15.4. The molecule has 2 amide bonds. The standard InChI is InChI=1S/C15H19ClN4O/c1-12(10-20-7-6-17-11-20)8-18-15(21)19-9-13-4-2-3-5-14(13)16/h2-7,11-12H,8-10H2,1H3,(H2,18,19,21). The molecule has 0 bridgehead atoms. The largest absolute Gasteiger partial charge is 0.338 e. The molecule has 0 aliphatic carbocycles. The first-order valence-electron chi connectivity index (χ1n) is 6.86. The average molecular weight is 307 g/mol. The molecule has 2 N–H and O–H groups in total. The van der Waals surface area contributed by atoms with E-state index < -0.39 is 0 Å². The van der Waals surface area contributed by atoms with Crippen molar-refractivity contribution in [3.63, 3.8) is 0 Å². The number of hydrogen-bond acceptors (Lipinski definition) is 2. The van der Waals surface area contributed by atoms with E-state index in [1.807, 2.05) is 35.0 Å². The summed E-state index contributed by atoms with van der Waals surface area (Å²) in [6, 6.07) is 7.28. The summed E-state index contributed by atoms with van der Waals surface area (Å²) in [5.41, 5.74) is 0.904. The zero-order valence-corrected chi connectivity index (χ0v) is 12.7. The molecule has 1 atom stereocenters. The molecular formula is C15H19ClN4O. The lowest BCUT2D eigenvalue weighted by molar-refractivity contribution is 0.238. The Morgan fingerprint density at radius 1 is 1.38 bits per heavy atom. The Kier molecular flexibility index (Phi) is 5.63. The van der Waals surface area contributed by atoms with Crippen molar-refractivity contribution in [2.75, 3.05) is 6.54 Å². The summed E-state index contributed by atoms with van der Waals surface area (Å²) in [6.07, 6.45) is 5.43. The van der Waals surface area contributed by atoms with E-state index in [9.17, 15) is 4.79 Å². The van der Waals surface area contributed by atoms with Crippen LogP contribution in [0.4, 0.5) is 4.79 Å². The Balaban J connectivity index is 1.69. The lowest BCUT2D eigenvalue weighted by Crippen LogP contribution is -2.38. The van der Waals surface area contributed by atoms with E-state index in [0.717, 1.165) is 12.1 Å². The van der Waals surface area contributed by atoms with Gasteiger partial charge >= 0.3 is 6.03 Å². The number of rotatable bonds is 6. The molecule has 0 fully saturated rings. The highest BCUT2D eigenvalue weighted by atomic mass is 35.5. The third kappa shape index (κ3) is 5.11. The molecule has 0 aliphatic rings. The number of hydrogen-bond donors (Lipinski definition) is 2. The Labute approximate surface area is 129 Å². The quantitative estimate of drug-likeness (QED) is 0.862. The molecule has 0 aliphatic heterocycles. The lowest BCUT2D eigenvalue weighted by atomic mass is 10.2. The second-order valence-corrected chi connectivity index (χ2v) is 5.43. The molecular weight excluding hydrogens is 288 g/mol. The topological polar surface area (TPSA) is 59.0 Å². The summed E-state index contributed by atoms with van der Waals surface area (Å²) >= 11 is 6.03. The van der Waals surface area contributed by atoms with Gasteiger partial charge in [0.05, 0.1) is 6.33 Å². The zero-order chi connectivity index (χ0) is 15.1. The maximum absolute atomic E-state index is 11.8. The smallest absolute Gasteiger partial charge is 0.315 e. The van der Waals surface area contributed by atoms with E-state index in [0.29, 0.717) is 24.0 Å². The van der Waals surface area contributed by atoms with Crippen molar-refractivity contribution in [3.05, 3.63) is 53.6 Å². The number of halogens is 1. The van der Waals surface area contributed by atoms with Crippen LogP contribution in [0.5, 0.6) is 0 Å². The van der Waals surface area contributed by atoms with Crippen molar-refractivity contribution in [2.24, 2.45) is 5.92 Å². The van der Waals surface area contributed by atoms with E-state index in [-0.39, 0.29) is 6.03 Å². The summed E-state index contributed by atoms with van der Waals surface area (Å²) in [4.78, 5) is 15.7. The van der Waals surface area contributed by atoms with Crippen LogP contribution in [0.2, 0.25) is 5.02 Å². The van der Waals surface area contributed by atoms with Gasteiger partial charge in [-0.3, -0.25) is 0 Å². The number of urea groups is 1. The number of imidazole rings is 1. The minimum Gasteiger partial charge on any atom is -0.338 e. The maximum Gasteiger partial charge on any atom is 0.315 e. The van der Waals surface area contributed by atoms with Crippen molar-refractivity contribution in [3.8, 4) is 0 Å². The van der Waals surface area contributed by atoms with Gasteiger partial charge in [0, 0.05) is 37.1 Å². The number of amides is 2. The van der Waals surface area contributed by atoms with Gasteiger partial charge in [0.2, 0.25) is 0 Å². The Bertz CT molecular complexity index is 571. The number of benzene rings is 1. The predicted molar refractivity (Wildman–Crippen MR) is 83.1 cm³/mol. The Morgan fingerprint density at radius 3 is 2.90 bits per heavy atom. The van der Waals surface area contributed by atoms with Crippen molar-refractivity contribution in [2.45, 2.75) is 20.0 Å². The number of carbonyl (C=O) groups excluding carboxylic acids is 1. The number of nitrogens with zero attached hydrogens (tertiary/aromatic N) is 2. The molecule has 1 unspecified atom stereocenters.